The number of hydrogen-bond acceptors (Lipinski definition) is 4. The Morgan fingerprint density at radius 1 is 1.26 bits per heavy atom. The molecule has 0 aliphatic rings. The van der Waals surface area contributed by atoms with Gasteiger partial charge >= 0.3 is 0 Å². The molecule has 0 aliphatic heterocycles. The second kappa shape index (κ2) is 5.83. The Labute approximate surface area is 116 Å². The predicted molar refractivity (Wildman–Crippen MR) is 75.4 cm³/mol. The number of aliphatic hydroxyl groups is 1. The second-order valence-electron chi connectivity index (χ2n) is 4.20. The van der Waals surface area contributed by atoms with Gasteiger partial charge in [-0.05, 0) is 47.0 Å². The van der Waals surface area contributed by atoms with E-state index in [4.69, 9.17) is 0 Å². The molecule has 1 aromatic heterocycles. The number of sulfonamides is 1. The Bertz CT molecular complexity index is 616. The van der Waals surface area contributed by atoms with Crippen LogP contribution >= 0.6 is 11.3 Å². The van der Waals surface area contributed by atoms with E-state index in [1.165, 1.54) is 23.5 Å². The summed E-state index contributed by atoms with van der Waals surface area (Å²) in [7, 11) is -3.51. The van der Waals surface area contributed by atoms with Crippen LogP contribution in [0.1, 0.15) is 24.2 Å². The van der Waals surface area contributed by atoms with E-state index in [1.807, 2.05) is 16.8 Å². The van der Waals surface area contributed by atoms with Gasteiger partial charge in [0.2, 0.25) is 10.0 Å². The molecule has 4 nitrogen and oxygen atoms in total. The number of thiophene rings is 1. The smallest absolute Gasteiger partial charge is 0.240 e. The third-order valence-corrected chi connectivity index (χ3v) is 4.87. The normalized spacial score (nSPS) is 13.4. The molecule has 1 heterocycles. The van der Waals surface area contributed by atoms with Gasteiger partial charge in [0.1, 0.15) is 0 Å². The van der Waals surface area contributed by atoms with Gasteiger partial charge in [-0.25, -0.2) is 13.1 Å². The lowest BCUT2D eigenvalue weighted by molar-refractivity contribution is 0.199. The van der Waals surface area contributed by atoms with Crippen LogP contribution in [-0.4, -0.2) is 13.5 Å². The average Bonchev–Trinajstić information content (AvgIpc) is 2.90. The molecule has 2 aromatic rings. The number of rotatable bonds is 5. The molecule has 2 N–H and O–H groups in total. The maximum Gasteiger partial charge on any atom is 0.240 e. The highest BCUT2D eigenvalue weighted by Crippen LogP contribution is 2.16. The molecule has 0 amide bonds. The predicted octanol–water partition coefficient (Wildman–Crippen LogP) is 2.28. The van der Waals surface area contributed by atoms with E-state index in [1.54, 1.807) is 19.1 Å². The fraction of sp³-hybridized carbons (Fsp3) is 0.231. The topological polar surface area (TPSA) is 66.4 Å². The molecule has 0 saturated carbocycles. The summed E-state index contributed by atoms with van der Waals surface area (Å²) in [4.78, 5) is 0.201. The standard InChI is InChI=1S/C13H15NO3S2/c1-10(15)12-2-4-13(5-3-12)19(16,17)14-8-11-6-7-18-9-11/h2-7,9-10,14-15H,8H2,1H3. The maximum absolute atomic E-state index is 12.0. The minimum atomic E-state index is -3.51. The first kappa shape index (κ1) is 14.2. The largest absolute Gasteiger partial charge is 0.389 e. The second-order valence-corrected chi connectivity index (χ2v) is 6.75. The molecule has 0 fully saturated rings. The summed E-state index contributed by atoms with van der Waals surface area (Å²) in [5.74, 6) is 0. The summed E-state index contributed by atoms with van der Waals surface area (Å²) in [6.45, 7) is 1.92. The monoisotopic (exact) mass is 297 g/mol. The first-order valence-electron chi connectivity index (χ1n) is 5.78. The maximum atomic E-state index is 12.0. The van der Waals surface area contributed by atoms with Crippen LogP contribution in [0, 0.1) is 0 Å². The van der Waals surface area contributed by atoms with E-state index in [-0.39, 0.29) is 11.4 Å². The van der Waals surface area contributed by atoms with Crippen molar-refractivity contribution in [1.29, 1.82) is 0 Å². The van der Waals surface area contributed by atoms with Crippen molar-refractivity contribution in [3.8, 4) is 0 Å². The Morgan fingerprint density at radius 3 is 2.47 bits per heavy atom. The summed E-state index contributed by atoms with van der Waals surface area (Å²) in [6, 6.07) is 8.10. The summed E-state index contributed by atoms with van der Waals surface area (Å²) in [6.07, 6.45) is -0.601. The molecule has 1 aromatic carbocycles. The Balaban J connectivity index is 2.10. The lowest BCUT2D eigenvalue weighted by Crippen LogP contribution is -2.23. The molecule has 6 heteroatoms. The molecule has 102 valence electrons. The zero-order valence-corrected chi connectivity index (χ0v) is 12.0. The van der Waals surface area contributed by atoms with Gasteiger partial charge < -0.3 is 5.11 Å². The van der Waals surface area contributed by atoms with Crippen molar-refractivity contribution in [3.63, 3.8) is 0 Å². The summed E-state index contributed by atoms with van der Waals surface area (Å²) < 4.78 is 26.6. The van der Waals surface area contributed by atoms with E-state index in [0.29, 0.717) is 5.56 Å². The highest BCUT2D eigenvalue weighted by atomic mass is 32.2. The Hall–Kier alpha value is -1.21. The van der Waals surface area contributed by atoms with Gasteiger partial charge in [-0.1, -0.05) is 12.1 Å². The first-order valence-corrected chi connectivity index (χ1v) is 8.20. The van der Waals surface area contributed by atoms with E-state index in [9.17, 15) is 13.5 Å². The summed E-state index contributed by atoms with van der Waals surface area (Å²) >= 11 is 1.53. The number of hydrogen-bond donors (Lipinski definition) is 2. The number of benzene rings is 1. The molecule has 1 atom stereocenters. The van der Waals surface area contributed by atoms with Crippen LogP contribution in [0.15, 0.2) is 46.0 Å². The fourth-order valence-electron chi connectivity index (χ4n) is 1.58. The van der Waals surface area contributed by atoms with Gasteiger partial charge in [0, 0.05) is 6.54 Å². The number of nitrogens with one attached hydrogen (secondary N) is 1. The van der Waals surface area contributed by atoms with E-state index >= 15 is 0 Å². The molecule has 0 saturated heterocycles. The quantitative estimate of drug-likeness (QED) is 0.890. The lowest BCUT2D eigenvalue weighted by atomic mass is 10.1. The summed E-state index contributed by atoms with van der Waals surface area (Å²) in [5, 5.41) is 13.2. The van der Waals surface area contributed by atoms with Gasteiger partial charge in [-0.15, -0.1) is 0 Å². The van der Waals surface area contributed by atoms with Crippen LogP contribution < -0.4 is 4.72 Å². The fourth-order valence-corrected chi connectivity index (χ4v) is 3.27. The Kier molecular flexibility index (Phi) is 4.36. The van der Waals surface area contributed by atoms with Gasteiger partial charge in [0.05, 0.1) is 11.0 Å². The van der Waals surface area contributed by atoms with E-state index in [2.05, 4.69) is 4.72 Å². The highest BCUT2D eigenvalue weighted by molar-refractivity contribution is 7.89. The van der Waals surface area contributed by atoms with Gasteiger partial charge in [0.25, 0.3) is 0 Å². The molecule has 0 bridgehead atoms. The third kappa shape index (κ3) is 3.63. The van der Waals surface area contributed by atoms with Crippen molar-refractivity contribution in [3.05, 3.63) is 52.2 Å². The molecule has 0 radical (unpaired) electrons. The average molecular weight is 297 g/mol. The molecule has 19 heavy (non-hydrogen) atoms. The first-order chi connectivity index (χ1) is 8.99. The van der Waals surface area contributed by atoms with Crippen LogP contribution in [-0.2, 0) is 16.6 Å². The van der Waals surface area contributed by atoms with E-state index in [0.717, 1.165) is 5.56 Å². The van der Waals surface area contributed by atoms with Crippen molar-refractivity contribution < 1.29 is 13.5 Å². The SMILES string of the molecule is CC(O)c1ccc(S(=O)(=O)NCc2ccsc2)cc1. The summed E-state index contributed by atoms with van der Waals surface area (Å²) in [5.41, 5.74) is 1.63. The molecular weight excluding hydrogens is 282 g/mol. The van der Waals surface area contributed by atoms with Crippen LogP contribution in [0.4, 0.5) is 0 Å². The minimum Gasteiger partial charge on any atom is -0.389 e. The van der Waals surface area contributed by atoms with Crippen LogP contribution in [0.3, 0.4) is 0 Å². The van der Waals surface area contributed by atoms with Gasteiger partial charge in [-0.2, -0.15) is 11.3 Å². The third-order valence-electron chi connectivity index (χ3n) is 2.72. The molecule has 1 unspecified atom stereocenters. The zero-order chi connectivity index (χ0) is 13.9. The van der Waals surface area contributed by atoms with Crippen molar-refractivity contribution in [2.75, 3.05) is 0 Å². The van der Waals surface area contributed by atoms with Crippen molar-refractivity contribution >= 4 is 21.4 Å². The molecule has 2 rings (SSSR count). The van der Waals surface area contributed by atoms with E-state index < -0.39 is 16.1 Å². The Morgan fingerprint density at radius 2 is 1.95 bits per heavy atom. The van der Waals surface area contributed by atoms with Crippen molar-refractivity contribution in [2.45, 2.75) is 24.5 Å². The molecule has 0 aliphatic carbocycles. The van der Waals surface area contributed by atoms with Crippen molar-refractivity contribution in [1.82, 2.24) is 4.72 Å². The highest BCUT2D eigenvalue weighted by Gasteiger charge is 2.14. The lowest BCUT2D eigenvalue weighted by Gasteiger charge is -2.08. The van der Waals surface area contributed by atoms with Gasteiger partial charge in [-0.3, -0.25) is 0 Å². The number of aliphatic hydroxyl groups excluding tert-OH is 1. The van der Waals surface area contributed by atoms with Crippen LogP contribution in [0.2, 0.25) is 0 Å². The van der Waals surface area contributed by atoms with Crippen LogP contribution in [0.5, 0.6) is 0 Å². The zero-order valence-electron chi connectivity index (χ0n) is 10.4. The molecular formula is C13H15NO3S2. The van der Waals surface area contributed by atoms with Crippen molar-refractivity contribution in [2.24, 2.45) is 0 Å². The van der Waals surface area contributed by atoms with Crippen LogP contribution in [0.25, 0.3) is 0 Å². The molecule has 0 spiro atoms. The van der Waals surface area contributed by atoms with Gasteiger partial charge in [0.15, 0.2) is 0 Å². The minimum absolute atomic E-state index is 0.201.